The monoisotopic (exact) mass is 238 g/mol. The fourth-order valence-electron chi connectivity index (χ4n) is 1.65. The van der Waals surface area contributed by atoms with E-state index < -0.39 is 6.10 Å². The van der Waals surface area contributed by atoms with Crippen molar-refractivity contribution in [3.05, 3.63) is 23.8 Å². The molecule has 0 amide bonds. The Hall–Kier alpha value is -1.26. The zero-order valence-corrected chi connectivity index (χ0v) is 10.2. The molecule has 0 fully saturated rings. The van der Waals surface area contributed by atoms with Gasteiger partial charge in [0.2, 0.25) is 0 Å². The van der Waals surface area contributed by atoms with Gasteiger partial charge in [-0.25, -0.2) is 0 Å². The van der Waals surface area contributed by atoms with E-state index in [2.05, 4.69) is 0 Å². The van der Waals surface area contributed by atoms with Crippen molar-refractivity contribution in [3.63, 3.8) is 0 Å². The van der Waals surface area contributed by atoms with E-state index in [1.807, 2.05) is 32.0 Å². The van der Waals surface area contributed by atoms with Crippen LogP contribution in [0.1, 0.15) is 25.5 Å². The minimum atomic E-state index is -0.631. The van der Waals surface area contributed by atoms with Crippen LogP contribution in [-0.4, -0.2) is 31.0 Å². The maximum Gasteiger partial charge on any atom is 0.161 e. The van der Waals surface area contributed by atoms with Gasteiger partial charge in [0.1, 0.15) is 19.3 Å². The van der Waals surface area contributed by atoms with Crippen molar-refractivity contribution in [1.29, 1.82) is 0 Å². The first kappa shape index (κ1) is 12.2. The minimum absolute atomic E-state index is 0.113. The summed E-state index contributed by atoms with van der Waals surface area (Å²) in [6.07, 6.45) is -0.518. The molecular weight excluding hydrogens is 220 g/mol. The molecule has 0 aromatic heterocycles. The van der Waals surface area contributed by atoms with E-state index >= 15 is 0 Å². The molecule has 4 heteroatoms. The van der Waals surface area contributed by atoms with Crippen LogP contribution >= 0.6 is 0 Å². The third-order valence-electron chi connectivity index (χ3n) is 2.54. The lowest BCUT2D eigenvalue weighted by Crippen LogP contribution is -2.16. The summed E-state index contributed by atoms with van der Waals surface area (Å²) in [6.45, 7) is 5.30. The van der Waals surface area contributed by atoms with E-state index in [1.165, 1.54) is 0 Å². The van der Waals surface area contributed by atoms with Gasteiger partial charge in [0.05, 0.1) is 12.7 Å². The number of aliphatic hydroxyl groups is 1. The SMILES string of the molecule is CC(C)OCC(O)c1ccc2c(c1)OCCO2. The molecular formula is C13H18O4. The lowest BCUT2D eigenvalue weighted by atomic mass is 10.1. The molecule has 0 saturated heterocycles. The van der Waals surface area contributed by atoms with E-state index in [4.69, 9.17) is 14.2 Å². The molecule has 94 valence electrons. The predicted octanol–water partition coefficient (Wildman–Crippen LogP) is 1.92. The summed E-state index contributed by atoms with van der Waals surface area (Å²) >= 11 is 0. The van der Waals surface area contributed by atoms with Crippen LogP contribution in [-0.2, 0) is 4.74 Å². The van der Waals surface area contributed by atoms with Gasteiger partial charge in [-0.2, -0.15) is 0 Å². The van der Waals surface area contributed by atoms with Gasteiger partial charge >= 0.3 is 0 Å². The van der Waals surface area contributed by atoms with E-state index in [0.29, 0.717) is 19.0 Å². The highest BCUT2D eigenvalue weighted by molar-refractivity contribution is 5.44. The molecule has 0 bridgehead atoms. The maximum absolute atomic E-state index is 9.95. The highest BCUT2D eigenvalue weighted by atomic mass is 16.6. The molecule has 1 N–H and O–H groups in total. The van der Waals surface area contributed by atoms with E-state index in [9.17, 15) is 5.11 Å². The number of hydrogen-bond donors (Lipinski definition) is 1. The summed E-state index contributed by atoms with van der Waals surface area (Å²) in [4.78, 5) is 0. The van der Waals surface area contributed by atoms with Gasteiger partial charge in [0.25, 0.3) is 0 Å². The molecule has 1 aromatic rings. The Morgan fingerprint density at radius 3 is 2.65 bits per heavy atom. The number of fused-ring (bicyclic) bond motifs is 1. The molecule has 17 heavy (non-hydrogen) atoms. The Morgan fingerprint density at radius 1 is 1.24 bits per heavy atom. The second-order valence-electron chi connectivity index (χ2n) is 4.30. The van der Waals surface area contributed by atoms with E-state index in [-0.39, 0.29) is 12.7 Å². The van der Waals surface area contributed by atoms with Crippen LogP contribution in [0.3, 0.4) is 0 Å². The summed E-state index contributed by atoms with van der Waals surface area (Å²) in [5.74, 6) is 1.43. The summed E-state index contributed by atoms with van der Waals surface area (Å²) < 4.78 is 16.3. The average molecular weight is 238 g/mol. The van der Waals surface area contributed by atoms with Gasteiger partial charge in [0.15, 0.2) is 11.5 Å². The summed E-state index contributed by atoms with van der Waals surface area (Å²) in [6, 6.07) is 5.47. The highest BCUT2D eigenvalue weighted by Crippen LogP contribution is 2.32. The Bertz CT molecular complexity index is 376. The largest absolute Gasteiger partial charge is 0.486 e. The smallest absolute Gasteiger partial charge is 0.161 e. The second-order valence-corrected chi connectivity index (χ2v) is 4.30. The molecule has 1 aliphatic rings. The first-order valence-corrected chi connectivity index (χ1v) is 5.86. The first-order chi connectivity index (χ1) is 8.16. The third-order valence-corrected chi connectivity index (χ3v) is 2.54. The Morgan fingerprint density at radius 2 is 1.94 bits per heavy atom. The summed E-state index contributed by atoms with van der Waals surface area (Å²) in [5, 5.41) is 9.95. The summed E-state index contributed by atoms with van der Waals surface area (Å²) in [5.41, 5.74) is 0.787. The lowest BCUT2D eigenvalue weighted by Gasteiger charge is -2.20. The van der Waals surface area contributed by atoms with Crippen LogP contribution in [0.2, 0.25) is 0 Å². The predicted molar refractivity (Wildman–Crippen MR) is 63.5 cm³/mol. The lowest BCUT2D eigenvalue weighted by molar-refractivity contribution is 0.00476. The third kappa shape index (κ3) is 3.11. The van der Waals surface area contributed by atoms with Crippen LogP contribution < -0.4 is 9.47 Å². The minimum Gasteiger partial charge on any atom is -0.486 e. The van der Waals surface area contributed by atoms with Gasteiger partial charge in [-0.05, 0) is 31.5 Å². The molecule has 1 unspecified atom stereocenters. The van der Waals surface area contributed by atoms with Crippen molar-refractivity contribution < 1.29 is 19.3 Å². The van der Waals surface area contributed by atoms with Crippen molar-refractivity contribution in [1.82, 2.24) is 0 Å². The number of aliphatic hydroxyl groups excluding tert-OH is 1. The fraction of sp³-hybridized carbons (Fsp3) is 0.538. The van der Waals surface area contributed by atoms with Crippen molar-refractivity contribution >= 4 is 0 Å². The van der Waals surface area contributed by atoms with Gasteiger partial charge < -0.3 is 19.3 Å². The van der Waals surface area contributed by atoms with E-state index in [0.717, 1.165) is 11.3 Å². The van der Waals surface area contributed by atoms with Crippen molar-refractivity contribution in [2.75, 3.05) is 19.8 Å². The fourth-order valence-corrected chi connectivity index (χ4v) is 1.65. The van der Waals surface area contributed by atoms with Crippen LogP contribution in [0.15, 0.2) is 18.2 Å². The normalized spacial score (nSPS) is 16.0. The summed E-state index contributed by atoms with van der Waals surface area (Å²) in [7, 11) is 0. The van der Waals surface area contributed by atoms with Crippen molar-refractivity contribution in [2.45, 2.75) is 26.1 Å². The number of hydrogen-bond acceptors (Lipinski definition) is 4. The first-order valence-electron chi connectivity index (χ1n) is 5.86. The van der Waals surface area contributed by atoms with Gasteiger partial charge in [0, 0.05) is 0 Å². The number of benzene rings is 1. The van der Waals surface area contributed by atoms with Crippen LogP contribution in [0.5, 0.6) is 11.5 Å². The molecule has 4 nitrogen and oxygen atoms in total. The van der Waals surface area contributed by atoms with Crippen molar-refractivity contribution in [2.24, 2.45) is 0 Å². The zero-order valence-electron chi connectivity index (χ0n) is 10.2. The number of ether oxygens (including phenoxy) is 3. The van der Waals surface area contributed by atoms with Gasteiger partial charge in [-0.3, -0.25) is 0 Å². The molecule has 1 aliphatic heterocycles. The van der Waals surface area contributed by atoms with Crippen LogP contribution in [0, 0.1) is 0 Å². The molecule has 0 aliphatic carbocycles. The average Bonchev–Trinajstić information content (AvgIpc) is 2.35. The van der Waals surface area contributed by atoms with Crippen LogP contribution in [0.4, 0.5) is 0 Å². The molecule has 1 aromatic carbocycles. The quantitative estimate of drug-likeness (QED) is 0.870. The van der Waals surface area contributed by atoms with Crippen molar-refractivity contribution in [3.8, 4) is 11.5 Å². The highest BCUT2D eigenvalue weighted by Gasteiger charge is 2.15. The second kappa shape index (κ2) is 5.38. The zero-order chi connectivity index (χ0) is 12.3. The molecule has 2 rings (SSSR count). The molecule has 0 radical (unpaired) electrons. The molecule has 1 atom stereocenters. The van der Waals surface area contributed by atoms with Crippen LogP contribution in [0.25, 0.3) is 0 Å². The molecule has 1 heterocycles. The standard InChI is InChI=1S/C13H18O4/c1-9(2)17-8-11(14)10-3-4-12-13(7-10)16-6-5-15-12/h3-4,7,9,11,14H,5-6,8H2,1-2H3. The Labute approximate surface area is 101 Å². The van der Waals surface area contributed by atoms with Gasteiger partial charge in [-0.1, -0.05) is 6.07 Å². The van der Waals surface area contributed by atoms with E-state index in [1.54, 1.807) is 0 Å². The molecule has 0 spiro atoms. The van der Waals surface area contributed by atoms with Gasteiger partial charge in [-0.15, -0.1) is 0 Å². The maximum atomic E-state index is 9.95. The number of rotatable bonds is 4. The Kier molecular flexibility index (Phi) is 3.86. The Balaban J connectivity index is 2.05. The molecule has 0 saturated carbocycles. The topological polar surface area (TPSA) is 47.9 Å².